The number of rotatable bonds is 4. The third-order valence-electron chi connectivity index (χ3n) is 4.94. The first-order valence-electron chi connectivity index (χ1n) is 7.91. The van der Waals surface area contributed by atoms with Crippen LogP contribution in [-0.4, -0.2) is 48.6 Å². The predicted octanol–water partition coefficient (Wildman–Crippen LogP) is 2.75. The van der Waals surface area contributed by atoms with Crippen molar-refractivity contribution in [2.75, 3.05) is 26.7 Å². The van der Waals surface area contributed by atoms with Gasteiger partial charge in [0.2, 0.25) is 0 Å². The molecule has 0 radical (unpaired) electrons. The summed E-state index contributed by atoms with van der Waals surface area (Å²) in [5, 5.41) is 0. The first-order chi connectivity index (χ1) is 9.81. The Morgan fingerprint density at radius 3 is 2.90 bits per heavy atom. The molecule has 20 heavy (non-hydrogen) atoms. The normalized spacial score (nSPS) is 27.5. The van der Waals surface area contributed by atoms with Crippen LogP contribution in [0.5, 0.6) is 5.75 Å². The van der Waals surface area contributed by atoms with E-state index < -0.39 is 0 Å². The molecule has 3 nitrogen and oxygen atoms in total. The minimum Gasteiger partial charge on any atom is -0.496 e. The van der Waals surface area contributed by atoms with Crippen molar-refractivity contribution >= 4 is 0 Å². The summed E-state index contributed by atoms with van der Waals surface area (Å²) in [4.78, 5) is 5.37. The summed E-state index contributed by atoms with van der Waals surface area (Å²) in [7, 11) is 1.77. The first kappa shape index (κ1) is 13.9. The van der Waals surface area contributed by atoms with Crippen LogP contribution in [0.1, 0.15) is 31.7 Å². The van der Waals surface area contributed by atoms with E-state index in [0.717, 1.165) is 18.3 Å². The Bertz CT molecular complexity index is 448. The molecular formula is C17H26N2O. The maximum Gasteiger partial charge on any atom is 0.123 e. The maximum atomic E-state index is 5.51. The molecule has 2 heterocycles. The zero-order chi connectivity index (χ0) is 13.9. The number of ether oxygens (including phenoxy) is 1. The molecule has 0 saturated carbocycles. The summed E-state index contributed by atoms with van der Waals surface area (Å²) >= 11 is 0. The van der Waals surface area contributed by atoms with Gasteiger partial charge in [-0.2, -0.15) is 0 Å². The molecule has 0 aromatic heterocycles. The maximum absolute atomic E-state index is 5.51. The topological polar surface area (TPSA) is 15.7 Å². The Hall–Kier alpha value is -1.06. The van der Waals surface area contributed by atoms with Crippen molar-refractivity contribution in [2.45, 2.75) is 44.8 Å². The summed E-state index contributed by atoms with van der Waals surface area (Å²) in [6.07, 6.45) is 3.99. The third kappa shape index (κ3) is 2.70. The minimum absolute atomic E-state index is 0.689. The molecular weight excluding hydrogens is 248 g/mol. The second-order valence-electron chi connectivity index (χ2n) is 6.09. The van der Waals surface area contributed by atoms with E-state index in [1.807, 2.05) is 0 Å². The highest BCUT2D eigenvalue weighted by Gasteiger charge is 2.35. The molecule has 2 fully saturated rings. The lowest BCUT2D eigenvalue weighted by atomic mass is 10.0. The number of hydrogen-bond donors (Lipinski definition) is 0. The van der Waals surface area contributed by atoms with Crippen LogP contribution < -0.4 is 4.74 Å². The quantitative estimate of drug-likeness (QED) is 0.839. The van der Waals surface area contributed by atoms with Crippen molar-refractivity contribution in [3.63, 3.8) is 0 Å². The molecule has 0 amide bonds. The van der Waals surface area contributed by atoms with E-state index in [9.17, 15) is 0 Å². The minimum atomic E-state index is 0.689. The van der Waals surface area contributed by atoms with Gasteiger partial charge < -0.3 is 4.74 Å². The number of piperazine rings is 1. The van der Waals surface area contributed by atoms with E-state index in [4.69, 9.17) is 4.74 Å². The number of para-hydroxylation sites is 1. The molecule has 2 atom stereocenters. The van der Waals surface area contributed by atoms with Gasteiger partial charge in [-0.3, -0.25) is 9.80 Å². The van der Waals surface area contributed by atoms with Crippen molar-refractivity contribution in [2.24, 2.45) is 0 Å². The second kappa shape index (κ2) is 6.15. The Morgan fingerprint density at radius 1 is 1.25 bits per heavy atom. The van der Waals surface area contributed by atoms with E-state index in [0.29, 0.717) is 6.04 Å². The molecule has 1 aromatic carbocycles. The predicted molar refractivity (Wildman–Crippen MR) is 82.1 cm³/mol. The standard InChI is InChI=1S/C17H26N2O/c1-3-15-12-18-10-6-8-16(18)13-19(15)11-14-7-4-5-9-17(14)20-2/h4-5,7,9,15-16H,3,6,8,10-13H2,1-2H3. The van der Waals surface area contributed by atoms with Crippen molar-refractivity contribution in [3.8, 4) is 5.75 Å². The molecule has 1 aromatic rings. The molecule has 0 aliphatic carbocycles. The van der Waals surface area contributed by atoms with Gasteiger partial charge in [0.25, 0.3) is 0 Å². The first-order valence-corrected chi connectivity index (χ1v) is 7.91. The van der Waals surface area contributed by atoms with Crippen molar-refractivity contribution in [1.29, 1.82) is 0 Å². The van der Waals surface area contributed by atoms with Crippen molar-refractivity contribution in [3.05, 3.63) is 29.8 Å². The fourth-order valence-corrected chi connectivity index (χ4v) is 3.78. The average Bonchev–Trinajstić information content (AvgIpc) is 2.94. The monoisotopic (exact) mass is 274 g/mol. The molecule has 2 aliphatic heterocycles. The van der Waals surface area contributed by atoms with Crippen LogP contribution in [0.25, 0.3) is 0 Å². The fraction of sp³-hybridized carbons (Fsp3) is 0.647. The van der Waals surface area contributed by atoms with E-state index in [-0.39, 0.29) is 0 Å². The summed E-state index contributed by atoms with van der Waals surface area (Å²) in [5.41, 5.74) is 1.32. The third-order valence-corrected chi connectivity index (χ3v) is 4.94. The Kier molecular flexibility index (Phi) is 4.27. The molecule has 0 spiro atoms. The number of hydrogen-bond acceptors (Lipinski definition) is 3. The van der Waals surface area contributed by atoms with Crippen molar-refractivity contribution < 1.29 is 4.74 Å². The van der Waals surface area contributed by atoms with Gasteiger partial charge in [-0.1, -0.05) is 25.1 Å². The van der Waals surface area contributed by atoms with Gasteiger partial charge in [0.05, 0.1) is 7.11 Å². The lowest BCUT2D eigenvalue weighted by molar-refractivity contribution is 0.0432. The summed E-state index contributed by atoms with van der Waals surface area (Å²) in [6.45, 7) is 7.11. The van der Waals surface area contributed by atoms with Crippen LogP contribution in [0.15, 0.2) is 24.3 Å². The highest BCUT2D eigenvalue weighted by Crippen LogP contribution is 2.28. The smallest absolute Gasteiger partial charge is 0.123 e. The summed E-state index contributed by atoms with van der Waals surface area (Å²) in [6, 6.07) is 9.91. The molecule has 3 heteroatoms. The summed E-state index contributed by atoms with van der Waals surface area (Å²) < 4.78 is 5.51. The van der Waals surface area contributed by atoms with Gasteiger partial charge in [-0.15, -0.1) is 0 Å². The van der Waals surface area contributed by atoms with Crippen LogP contribution >= 0.6 is 0 Å². The molecule has 0 N–H and O–H groups in total. The Morgan fingerprint density at radius 2 is 2.10 bits per heavy atom. The SMILES string of the molecule is CCC1CN2CCCC2CN1Cc1ccccc1OC. The second-order valence-corrected chi connectivity index (χ2v) is 6.09. The van der Waals surface area contributed by atoms with Crippen molar-refractivity contribution in [1.82, 2.24) is 9.80 Å². The van der Waals surface area contributed by atoms with E-state index in [1.54, 1.807) is 7.11 Å². The fourth-order valence-electron chi connectivity index (χ4n) is 3.78. The van der Waals surface area contributed by atoms with Crippen LogP contribution in [0.3, 0.4) is 0 Å². The number of nitrogens with zero attached hydrogens (tertiary/aromatic N) is 2. The molecule has 110 valence electrons. The molecule has 3 rings (SSSR count). The lowest BCUT2D eigenvalue weighted by Crippen LogP contribution is -2.55. The van der Waals surface area contributed by atoms with Gasteiger partial charge in [0.15, 0.2) is 0 Å². The highest BCUT2D eigenvalue weighted by atomic mass is 16.5. The molecule has 0 bridgehead atoms. The molecule has 2 saturated heterocycles. The Labute approximate surface area is 122 Å². The van der Waals surface area contributed by atoms with Gasteiger partial charge >= 0.3 is 0 Å². The largest absolute Gasteiger partial charge is 0.496 e. The zero-order valence-electron chi connectivity index (χ0n) is 12.7. The average molecular weight is 274 g/mol. The number of methoxy groups -OCH3 is 1. The van der Waals surface area contributed by atoms with E-state index in [1.165, 1.54) is 44.5 Å². The van der Waals surface area contributed by atoms with Crippen LogP contribution in [-0.2, 0) is 6.54 Å². The van der Waals surface area contributed by atoms with Crippen LogP contribution in [0.2, 0.25) is 0 Å². The molecule has 2 aliphatic rings. The van der Waals surface area contributed by atoms with Crippen LogP contribution in [0.4, 0.5) is 0 Å². The Balaban J connectivity index is 1.74. The lowest BCUT2D eigenvalue weighted by Gasteiger charge is -2.43. The highest BCUT2D eigenvalue weighted by molar-refractivity contribution is 5.33. The summed E-state index contributed by atoms with van der Waals surface area (Å²) in [5.74, 6) is 1.02. The van der Waals surface area contributed by atoms with Gasteiger partial charge in [-0.05, 0) is 31.9 Å². The van der Waals surface area contributed by atoms with Crippen LogP contribution in [0, 0.1) is 0 Å². The van der Waals surface area contributed by atoms with E-state index in [2.05, 4.69) is 41.0 Å². The molecule has 2 unspecified atom stereocenters. The van der Waals surface area contributed by atoms with Gasteiger partial charge in [0, 0.05) is 37.3 Å². The number of benzene rings is 1. The number of fused-ring (bicyclic) bond motifs is 1. The van der Waals surface area contributed by atoms with Gasteiger partial charge in [0.1, 0.15) is 5.75 Å². The zero-order valence-corrected chi connectivity index (χ0v) is 12.7. The van der Waals surface area contributed by atoms with Gasteiger partial charge in [-0.25, -0.2) is 0 Å². The van der Waals surface area contributed by atoms with E-state index >= 15 is 0 Å².